The van der Waals surface area contributed by atoms with Gasteiger partial charge in [0.15, 0.2) is 0 Å². The Labute approximate surface area is 264 Å². The lowest BCUT2D eigenvalue weighted by Gasteiger charge is -2.44. The van der Waals surface area contributed by atoms with E-state index in [4.69, 9.17) is 28.2 Å². The maximum Gasteiger partial charge on any atom is 0.248 e. The number of amides is 2. The first kappa shape index (κ1) is 28.3. The summed E-state index contributed by atoms with van der Waals surface area (Å²) < 4.78 is 0. The van der Waals surface area contributed by atoms with Crippen LogP contribution < -0.4 is 9.80 Å². The lowest BCUT2D eigenvalue weighted by atomic mass is 9.92. The first-order valence-corrected chi connectivity index (χ1v) is 15.2. The molecule has 4 aromatic carbocycles. The van der Waals surface area contributed by atoms with Crippen LogP contribution in [-0.4, -0.2) is 56.6 Å². The van der Waals surface area contributed by atoms with Crippen LogP contribution in [0.25, 0.3) is 0 Å². The monoisotopic (exact) mass is 626 g/mol. The number of phenolic OH excluding ortho intramolecular Hbond substituents is 2. The van der Waals surface area contributed by atoms with Gasteiger partial charge in [0.1, 0.15) is 28.1 Å². The Balaban J connectivity index is 1.11. The van der Waals surface area contributed by atoms with E-state index in [0.717, 1.165) is 46.0 Å². The van der Waals surface area contributed by atoms with Crippen molar-refractivity contribution >= 4 is 52.2 Å². The highest BCUT2D eigenvalue weighted by Crippen LogP contribution is 2.44. The third-order valence-electron chi connectivity index (χ3n) is 8.40. The fraction of sp³-hybridized carbons (Fsp3) is 0.206. The molecule has 4 atom stereocenters. The number of aliphatic imine (C=N–C) groups is 1. The van der Waals surface area contributed by atoms with Crippen molar-refractivity contribution in [3.05, 3.63) is 119 Å². The van der Waals surface area contributed by atoms with E-state index in [1.165, 1.54) is 0 Å². The molecule has 3 aliphatic rings. The molecule has 0 spiro atoms. The number of nitrogens with zero attached hydrogens (tertiary/aromatic N) is 4. The molecule has 8 nitrogen and oxygen atoms in total. The summed E-state index contributed by atoms with van der Waals surface area (Å²) in [6, 6.07) is 28.4. The summed E-state index contributed by atoms with van der Waals surface area (Å²) in [4.78, 5) is 36.1. The molecule has 0 aromatic heterocycles. The van der Waals surface area contributed by atoms with E-state index in [0.29, 0.717) is 13.1 Å². The average molecular weight is 628 g/mol. The molecule has 0 bridgehead atoms. The van der Waals surface area contributed by atoms with E-state index in [1.807, 2.05) is 48.5 Å². The molecule has 44 heavy (non-hydrogen) atoms. The van der Waals surface area contributed by atoms with Gasteiger partial charge in [0.05, 0.1) is 18.6 Å². The van der Waals surface area contributed by atoms with E-state index in [1.54, 1.807) is 58.3 Å². The van der Waals surface area contributed by atoms with Gasteiger partial charge in [-0.25, -0.2) is 0 Å². The van der Waals surface area contributed by atoms with Crippen molar-refractivity contribution in [3.63, 3.8) is 0 Å². The molecule has 3 heterocycles. The van der Waals surface area contributed by atoms with Gasteiger partial charge in [0, 0.05) is 30.0 Å². The number of carbonyl (C=O) groups is 2. The third kappa shape index (κ3) is 4.84. The number of phenols is 2. The molecule has 4 unspecified atom stereocenters. The summed E-state index contributed by atoms with van der Waals surface area (Å²) in [5.41, 5.74) is 5.10. The van der Waals surface area contributed by atoms with E-state index in [9.17, 15) is 19.8 Å². The van der Waals surface area contributed by atoms with E-state index in [2.05, 4.69) is 4.90 Å². The van der Waals surface area contributed by atoms with Gasteiger partial charge >= 0.3 is 0 Å². The van der Waals surface area contributed by atoms with Gasteiger partial charge in [-0.05, 0) is 65.2 Å². The summed E-state index contributed by atoms with van der Waals surface area (Å²) in [6.45, 7) is 1.95. The minimum Gasteiger partial charge on any atom is -0.508 e. The number of carbonyl (C=O) groups excluding carboxylic acids is 2. The zero-order valence-electron chi connectivity index (χ0n) is 23.4. The standard InChI is InChI=1S/C34H28Cl2N4O4/c35-28-30(21-7-11-26(41)12-8-21)39(33(28)43)24-5-1-3-20(17-24)19-38-16-15-37-32(38)23-4-2-6-25(18-23)40-31(29(36)34(40)44)22-9-13-27(42)14-10-22/h1-14,17-18,28-31,41-42H,15-16,19H2. The maximum atomic E-state index is 12.9. The molecule has 0 radical (unpaired) electrons. The molecule has 2 amide bonds. The van der Waals surface area contributed by atoms with Gasteiger partial charge in [-0.15, -0.1) is 23.2 Å². The smallest absolute Gasteiger partial charge is 0.248 e. The van der Waals surface area contributed by atoms with Crippen LogP contribution in [0.2, 0.25) is 0 Å². The summed E-state index contributed by atoms with van der Waals surface area (Å²) in [6.07, 6.45) is 0. The second kappa shape index (κ2) is 11.2. The number of anilines is 2. The number of β-lactam (4-membered cyclic amide) rings is 2. The van der Waals surface area contributed by atoms with Gasteiger partial charge in [0.2, 0.25) is 11.8 Å². The molecular weight excluding hydrogens is 599 g/mol. The van der Waals surface area contributed by atoms with E-state index in [-0.39, 0.29) is 35.4 Å². The van der Waals surface area contributed by atoms with Crippen LogP contribution in [0.5, 0.6) is 11.5 Å². The van der Waals surface area contributed by atoms with Crippen molar-refractivity contribution in [2.45, 2.75) is 29.4 Å². The number of halogens is 2. The van der Waals surface area contributed by atoms with Crippen LogP contribution in [0.3, 0.4) is 0 Å². The highest BCUT2D eigenvalue weighted by Gasteiger charge is 2.49. The Morgan fingerprint density at radius 1 is 0.705 bits per heavy atom. The second-order valence-corrected chi connectivity index (χ2v) is 12.1. The zero-order chi connectivity index (χ0) is 30.5. The van der Waals surface area contributed by atoms with Crippen LogP contribution in [0.1, 0.15) is 34.3 Å². The number of aromatic hydroxyl groups is 2. The summed E-state index contributed by atoms with van der Waals surface area (Å²) in [7, 11) is 0. The lowest BCUT2D eigenvalue weighted by molar-refractivity contribution is -0.124. The summed E-state index contributed by atoms with van der Waals surface area (Å²) >= 11 is 12.9. The zero-order valence-corrected chi connectivity index (χ0v) is 24.9. The topological polar surface area (TPSA) is 96.7 Å². The maximum absolute atomic E-state index is 12.9. The molecule has 222 valence electrons. The van der Waals surface area contributed by atoms with Crippen LogP contribution in [0.15, 0.2) is 102 Å². The largest absolute Gasteiger partial charge is 0.508 e. The average Bonchev–Trinajstić information content (AvgIpc) is 3.51. The fourth-order valence-corrected chi connectivity index (χ4v) is 6.92. The van der Waals surface area contributed by atoms with Gasteiger partial charge in [0.25, 0.3) is 0 Å². The van der Waals surface area contributed by atoms with Crippen molar-refractivity contribution in [2.24, 2.45) is 4.99 Å². The van der Waals surface area contributed by atoms with Crippen LogP contribution in [0, 0.1) is 0 Å². The molecule has 7 rings (SSSR count). The number of rotatable bonds is 7. The van der Waals surface area contributed by atoms with Gasteiger partial charge < -0.3 is 24.9 Å². The molecule has 4 aromatic rings. The van der Waals surface area contributed by atoms with E-state index < -0.39 is 10.8 Å². The van der Waals surface area contributed by atoms with Crippen molar-refractivity contribution in [1.29, 1.82) is 0 Å². The van der Waals surface area contributed by atoms with Gasteiger partial charge in [-0.2, -0.15) is 0 Å². The highest BCUT2D eigenvalue weighted by molar-refractivity contribution is 6.38. The SMILES string of the molecule is O=C1C(Cl)C(c2ccc(O)cc2)N1c1cccc(CN2CCN=C2c2cccc(N3C(=O)C(Cl)C3c3ccc(O)cc3)c2)c1. The van der Waals surface area contributed by atoms with Crippen LogP contribution >= 0.6 is 23.2 Å². The lowest BCUT2D eigenvalue weighted by Crippen LogP contribution is -2.56. The molecular formula is C34H28Cl2N4O4. The van der Waals surface area contributed by atoms with Crippen molar-refractivity contribution in [1.82, 2.24) is 4.90 Å². The predicted molar refractivity (Wildman–Crippen MR) is 171 cm³/mol. The van der Waals surface area contributed by atoms with Crippen molar-refractivity contribution < 1.29 is 19.8 Å². The Morgan fingerprint density at radius 3 is 1.80 bits per heavy atom. The predicted octanol–water partition coefficient (Wildman–Crippen LogP) is 5.75. The number of hydrogen-bond donors (Lipinski definition) is 2. The molecule has 3 aliphatic heterocycles. The van der Waals surface area contributed by atoms with Crippen LogP contribution in [0.4, 0.5) is 11.4 Å². The van der Waals surface area contributed by atoms with Crippen molar-refractivity contribution in [3.8, 4) is 11.5 Å². The molecule has 0 saturated carbocycles. The number of hydrogen-bond acceptors (Lipinski definition) is 6. The second-order valence-electron chi connectivity index (χ2n) is 11.1. The summed E-state index contributed by atoms with van der Waals surface area (Å²) in [5, 5.41) is 18.0. The Hall–Kier alpha value is -4.53. The number of alkyl halides is 2. The first-order chi connectivity index (χ1) is 21.3. The minimum absolute atomic E-state index is 0.154. The Morgan fingerprint density at radius 2 is 1.23 bits per heavy atom. The number of benzene rings is 4. The molecule has 2 N–H and O–H groups in total. The quantitative estimate of drug-likeness (QED) is 0.201. The fourth-order valence-electron chi connectivity index (χ4n) is 6.19. The molecule has 0 aliphatic carbocycles. The van der Waals surface area contributed by atoms with E-state index >= 15 is 0 Å². The first-order valence-electron chi connectivity index (χ1n) is 14.3. The third-order valence-corrected chi connectivity index (χ3v) is 9.25. The van der Waals surface area contributed by atoms with Gasteiger partial charge in [-0.1, -0.05) is 48.5 Å². The highest BCUT2D eigenvalue weighted by atomic mass is 35.5. The Kier molecular flexibility index (Phi) is 7.19. The molecule has 10 heteroatoms. The minimum atomic E-state index is -0.684. The Bertz CT molecular complexity index is 1780. The van der Waals surface area contributed by atoms with Gasteiger partial charge in [-0.3, -0.25) is 14.6 Å². The summed E-state index contributed by atoms with van der Waals surface area (Å²) in [5.74, 6) is 0.809. The normalized spacial score (nSPS) is 23.0. The van der Waals surface area contributed by atoms with Crippen molar-refractivity contribution in [2.75, 3.05) is 22.9 Å². The number of amidine groups is 1. The molecule has 2 saturated heterocycles. The van der Waals surface area contributed by atoms with Crippen LogP contribution in [-0.2, 0) is 16.1 Å². The molecule has 2 fully saturated rings.